The first kappa shape index (κ1) is 26.8. The SMILES string of the molecule is CC[C@@H]1OCC(=O)[C@H]1NC(=O)C1(NC(=O)c2ccc(-c3csc(N4CCN(C)CC4)n3)cc2)CCCCC1. The Morgan fingerprint density at radius 1 is 1.11 bits per heavy atom. The first-order valence-electron chi connectivity index (χ1n) is 13.7. The molecule has 3 aliphatic rings. The van der Waals surface area contributed by atoms with Gasteiger partial charge in [-0.3, -0.25) is 14.4 Å². The van der Waals surface area contributed by atoms with Crippen LogP contribution in [0.4, 0.5) is 5.13 Å². The minimum absolute atomic E-state index is 0.0189. The van der Waals surface area contributed by atoms with E-state index in [0.717, 1.165) is 61.8 Å². The minimum Gasteiger partial charge on any atom is -0.368 e. The molecule has 2 saturated heterocycles. The Balaban J connectivity index is 1.26. The van der Waals surface area contributed by atoms with E-state index in [0.29, 0.717) is 24.8 Å². The number of amides is 2. The number of Topliss-reactive ketones (excluding diaryl/α,β-unsaturated/α-hetero) is 1. The number of benzene rings is 1. The molecule has 2 aliphatic heterocycles. The van der Waals surface area contributed by atoms with E-state index in [4.69, 9.17) is 9.72 Å². The Bertz CT molecular complexity index is 1150. The van der Waals surface area contributed by atoms with E-state index in [-0.39, 0.29) is 30.3 Å². The number of ether oxygens (including phenoxy) is 1. The molecule has 2 aromatic rings. The molecule has 1 aliphatic carbocycles. The maximum Gasteiger partial charge on any atom is 0.252 e. The minimum atomic E-state index is -1.03. The van der Waals surface area contributed by atoms with Gasteiger partial charge in [-0.15, -0.1) is 11.3 Å². The zero-order chi connectivity index (χ0) is 26.7. The van der Waals surface area contributed by atoms with Crippen LogP contribution in [0.3, 0.4) is 0 Å². The van der Waals surface area contributed by atoms with Crippen LogP contribution in [0.25, 0.3) is 11.3 Å². The van der Waals surface area contributed by atoms with Gasteiger partial charge in [0, 0.05) is 42.7 Å². The van der Waals surface area contributed by atoms with Gasteiger partial charge >= 0.3 is 0 Å². The van der Waals surface area contributed by atoms with Crippen molar-refractivity contribution in [1.29, 1.82) is 0 Å². The number of hydrogen-bond acceptors (Lipinski definition) is 8. The largest absolute Gasteiger partial charge is 0.368 e. The Hall–Kier alpha value is -2.82. The Morgan fingerprint density at radius 2 is 1.82 bits per heavy atom. The second-order valence-electron chi connectivity index (χ2n) is 10.7. The maximum atomic E-state index is 13.5. The third kappa shape index (κ3) is 5.62. The van der Waals surface area contributed by atoms with Crippen LogP contribution in [-0.2, 0) is 14.3 Å². The molecular weight excluding hydrogens is 502 g/mol. The van der Waals surface area contributed by atoms with Crippen molar-refractivity contribution in [3.63, 3.8) is 0 Å². The van der Waals surface area contributed by atoms with Crippen molar-refractivity contribution in [2.45, 2.75) is 63.1 Å². The lowest BCUT2D eigenvalue weighted by molar-refractivity contribution is -0.132. The number of carbonyl (C=O) groups excluding carboxylic acids is 3. The molecule has 2 amide bonds. The molecule has 0 spiro atoms. The molecule has 9 nitrogen and oxygen atoms in total. The van der Waals surface area contributed by atoms with Crippen LogP contribution in [0.2, 0.25) is 0 Å². The highest BCUT2D eigenvalue weighted by Gasteiger charge is 2.44. The Morgan fingerprint density at radius 3 is 2.50 bits per heavy atom. The third-order valence-corrected chi connectivity index (χ3v) is 8.95. The van der Waals surface area contributed by atoms with E-state index < -0.39 is 11.6 Å². The van der Waals surface area contributed by atoms with Crippen molar-refractivity contribution in [2.24, 2.45) is 0 Å². The molecule has 3 heterocycles. The summed E-state index contributed by atoms with van der Waals surface area (Å²) in [4.78, 5) is 48.6. The van der Waals surface area contributed by atoms with Crippen molar-refractivity contribution < 1.29 is 19.1 Å². The highest BCUT2D eigenvalue weighted by atomic mass is 32.1. The van der Waals surface area contributed by atoms with Gasteiger partial charge in [-0.25, -0.2) is 4.98 Å². The summed E-state index contributed by atoms with van der Waals surface area (Å²) in [5.74, 6) is -0.690. The monoisotopic (exact) mass is 539 g/mol. The fraction of sp³-hybridized carbons (Fsp3) is 0.571. The second-order valence-corrected chi connectivity index (χ2v) is 11.5. The lowest BCUT2D eigenvalue weighted by Crippen LogP contribution is -2.62. The number of nitrogens with zero attached hydrogens (tertiary/aromatic N) is 3. The first-order chi connectivity index (χ1) is 18.4. The van der Waals surface area contributed by atoms with Gasteiger partial charge in [0.2, 0.25) is 5.91 Å². The molecule has 38 heavy (non-hydrogen) atoms. The average Bonchev–Trinajstić information content (AvgIpc) is 3.57. The number of ketones is 1. The number of nitrogens with one attached hydrogen (secondary N) is 2. The third-order valence-electron chi connectivity index (χ3n) is 8.05. The average molecular weight is 540 g/mol. The predicted molar refractivity (Wildman–Crippen MR) is 148 cm³/mol. The van der Waals surface area contributed by atoms with Gasteiger partial charge in [0.25, 0.3) is 5.91 Å². The number of carbonyl (C=O) groups is 3. The number of rotatable bonds is 7. The van der Waals surface area contributed by atoms with Crippen LogP contribution in [0.1, 0.15) is 55.8 Å². The van der Waals surface area contributed by atoms with Gasteiger partial charge in [0.1, 0.15) is 18.2 Å². The molecule has 0 radical (unpaired) electrons. The fourth-order valence-corrected chi connectivity index (χ4v) is 6.46. The normalized spacial score (nSPS) is 23.8. The van der Waals surface area contributed by atoms with E-state index in [9.17, 15) is 14.4 Å². The van der Waals surface area contributed by atoms with Crippen molar-refractivity contribution in [3.05, 3.63) is 35.2 Å². The van der Waals surface area contributed by atoms with Gasteiger partial charge in [-0.05, 0) is 38.4 Å². The van der Waals surface area contributed by atoms with Crippen molar-refractivity contribution in [1.82, 2.24) is 20.5 Å². The predicted octanol–water partition coefficient (Wildman–Crippen LogP) is 2.86. The van der Waals surface area contributed by atoms with Gasteiger partial charge in [0.05, 0.1) is 11.8 Å². The zero-order valence-corrected chi connectivity index (χ0v) is 23.0. The van der Waals surface area contributed by atoms with E-state index in [1.807, 2.05) is 19.1 Å². The smallest absolute Gasteiger partial charge is 0.252 e. The molecule has 2 N–H and O–H groups in total. The van der Waals surface area contributed by atoms with Gasteiger partial charge in [-0.1, -0.05) is 38.3 Å². The summed E-state index contributed by atoms with van der Waals surface area (Å²) in [6.45, 7) is 5.95. The zero-order valence-electron chi connectivity index (χ0n) is 22.2. The lowest BCUT2D eigenvalue weighted by atomic mass is 9.80. The summed E-state index contributed by atoms with van der Waals surface area (Å²) in [7, 11) is 2.14. The fourth-order valence-electron chi connectivity index (χ4n) is 5.57. The number of anilines is 1. The number of piperazine rings is 1. The number of hydrogen-bond donors (Lipinski definition) is 2. The standard InChI is InChI=1S/C28H37N5O4S/c1-3-23-24(22(34)17-37-23)30-26(36)28(11-5-4-6-12-28)31-25(35)20-9-7-19(8-10-20)21-18-38-27(29-21)33-15-13-32(2)14-16-33/h7-10,18,23-24H,3-6,11-17H2,1-2H3,(H,30,36)(H,31,35)/t23-,24+/m0/s1. The summed E-state index contributed by atoms with van der Waals surface area (Å²) < 4.78 is 5.53. The lowest BCUT2D eigenvalue weighted by Gasteiger charge is -2.37. The van der Waals surface area contributed by atoms with Crippen LogP contribution >= 0.6 is 11.3 Å². The molecule has 2 atom stereocenters. The summed E-state index contributed by atoms with van der Waals surface area (Å²) in [5.41, 5.74) is 1.32. The molecule has 0 bridgehead atoms. The van der Waals surface area contributed by atoms with E-state index in [2.05, 4.69) is 32.9 Å². The van der Waals surface area contributed by atoms with Gasteiger partial charge in [-0.2, -0.15) is 0 Å². The number of aromatic nitrogens is 1. The van der Waals surface area contributed by atoms with E-state index >= 15 is 0 Å². The van der Waals surface area contributed by atoms with Crippen molar-refractivity contribution >= 4 is 34.1 Å². The quantitative estimate of drug-likeness (QED) is 0.558. The summed E-state index contributed by atoms with van der Waals surface area (Å²) in [5, 5.41) is 9.05. The second kappa shape index (κ2) is 11.5. The molecule has 1 saturated carbocycles. The van der Waals surface area contributed by atoms with Gasteiger partial charge < -0.3 is 25.2 Å². The van der Waals surface area contributed by atoms with Crippen LogP contribution in [0, 0.1) is 0 Å². The highest BCUT2D eigenvalue weighted by molar-refractivity contribution is 7.14. The molecule has 1 aromatic carbocycles. The van der Waals surface area contributed by atoms with Crippen molar-refractivity contribution in [2.75, 3.05) is 44.7 Å². The van der Waals surface area contributed by atoms with E-state index in [1.165, 1.54) is 0 Å². The molecular formula is C28H37N5O4S. The number of likely N-dealkylation sites (N-methyl/N-ethyl adjacent to an activating group) is 1. The van der Waals surface area contributed by atoms with Gasteiger partial charge in [0.15, 0.2) is 10.9 Å². The Kier molecular flexibility index (Phi) is 8.11. The highest BCUT2D eigenvalue weighted by Crippen LogP contribution is 2.31. The summed E-state index contributed by atoms with van der Waals surface area (Å²) >= 11 is 1.64. The molecule has 0 unspecified atom stereocenters. The first-order valence-corrected chi connectivity index (χ1v) is 14.5. The van der Waals surface area contributed by atoms with Crippen LogP contribution < -0.4 is 15.5 Å². The van der Waals surface area contributed by atoms with E-state index in [1.54, 1.807) is 23.5 Å². The summed E-state index contributed by atoms with van der Waals surface area (Å²) in [6, 6.07) is 6.73. The number of thiazole rings is 1. The van der Waals surface area contributed by atoms with Crippen LogP contribution in [0.5, 0.6) is 0 Å². The topological polar surface area (TPSA) is 104 Å². The maximum absolute atomic E-state index is 13.5. The van der Waals surface area contributed by atoms with Crippen LogP contribution in [0.15, 0.2) is 29.6 Å². The molecule has 204 valence electrons. The molecule has 10 heteroatoms. The van der Waals surface area contributed by atoms with Crippen LogP contribution in [-0.4, -0.2) is 85.0 Å². The molecule has 1 aromatic heterocycles. The molecule has 3 fully saturated rings. The Labute approximate surface area is 227 Å². The van der Waals surface area contributed by atoms with Crippen molar-refractivity contribution in [3.8, 4) is 11.3 Å². The molecule has 5 rings (SSSR count). The summed E-state index contributed by atoms with van der Waals surface area (Å²) in [6.07, 6.45) is 4.13.